The third-order valence-electron chi connectivity index (χ3n) is 3.38. The Morgan fingerprint density at radius 3 is 2.71 bits per heavy atom. The topological polar surface area (TPSA) is 60.8 Å². The van der Waals surface area contributed by atoms with E-state index in [0.29, 0.717) is 13.0 Å². The molecule has 2 fully saturated rings. The van der Waals surface area contributed by atoms with E-state index in [1.54, 1.807) is 4.90 Å². The van der Waals surface area contributed by atoms with Crippen LogP contribution in [-0.2, 0) is 4.79 Å². The maximum Gasteiger partial charge on any atom is 0.228 e. The van der Waals surface area contributed by atoms with Crippen molar-refractivity contribution in [1.82, 2.24) is 4.90 Å². The zero-order valence-corrected chi connectivity index (χ0v) is 8.44. The fourth-order valence-electron chi connectivity index (χ4n) is 2.06. The van der Waals surface area contributed by atoms with Crippen molar-refractivity contribution in [1.29, 1.82) is 0 Å². The molecule has 2 aliphatic rings. The molecule has 0 aromatic carbocycles. The van der Waals surface area contributed by atoms with E-state index in [9.17, 15) is 9.90 Å². The molecule has 1 saturated heterocycles. The van der Waals surface area contributed by atoms with Gasteiger partial charge in [0, 0.05) is 12.0 Å². The van der Waals surface area contributed by atoms with Gasteiger partial charge in [0.05, 0.1) is 18.8 Å². The summed E-state index contributed by atoms with van der Waals surface area (Å²) in [6.45, 7) is 2.30. The lowest BCUT2D eigenvalue weighted by molar-refractivity contribution is -0.138. The van der Waals surface area contributed by atoms with Gasteiger partial charge in [-0.1, -0.05) is 6.92 Å². The molecule has 0 aromatic rings. The Kier molecular flexibility index (Phi) is 2.27. The van der Waals surface area contributed by atoms with Crippen LogP contribution in [0.3, 0.4) is 0 Å². The van der Waals surface area contributed by atoms with Crippen molar-refractivity contribution in [2.24, 2.45) is 5.41 Å². The number of carbonyl (C=O) groups excluding carboxylic acids is 1. The van der Waals surface area contributed by atoms with Crippen molar-refractivity contribution in [2.75, 3.05) is 13.2 Å². The normalized spacial score (nSPS) is 34.6. The van der Waals surface area contributed by atoms with Crippen molar-refractivity contribution in [3.05, 3.63) is 0 Å². The first kappa shape index (κ1) is 9.93. The van der Waals surface area contributed by atoms with Crippen LogP contribution in [0, 0.1) is 5.41 Å². The molecule has 1 aliphatic carbocycles. The first-order valence-corrected chi connectivity index (χ1v) is 5.17. The Labute approximate surface area is 83.5 Å². The van der Waals surface area contributed by atoms with Crippen LogP contribution >= 0.6 is 0 Å². The molecule has 80 valence electrons. The lowest BCUT2D eigenvalue weighted by Gasteiger charge is -2.25. The smallest absolute Gasteiger partial charge is 0.228 e. The second kappa shape index (κ2) is 3.21. The van der Waals surface area contributed by atoms with E-state index in [1.165, 1.54) is 0 Å². The van der Waals surface area contributed by atoms with Crippen LogP contribution in [0.5, 0.6) is 0 Å². The van der Waals surface area contributed by atoms with Crippen LogP contribution in [0.4, 0.5) is 0 Å². The Morgan fingerprint density at radius 2 is 2.21 bits per heavy atom. The highest BCUT2D eigenvalue weighted by Gasteiger charge is 2.50. The van der Waals surface area contributed by atoms with Gasteiger partial charge in [0.2, 0.25) is 5.91 Å². The molecule has 0 bridgehead atoms. The minimum Gasteiger partial charge on any atom is -0.394 e. The van der Waals surface area contributed by atoms with Crippen molar-refractivity contribution in [3.8, 4) is 0 Å². The highest BCUT2D eigenvalue weighted by atomic mass is 16.3. The number of rotatable bonds is 2. The number of nitrogens with zero attached hydrogens (tertiary/aromatic N) is 1. The number of β-amino-alcohol motifs (C(OH)–C–C–N with tert-alkyl or cyclic N) is 1. The Hall–Kier alpha value is -0.610. The maximum absolute atomic E-state index is 11.9. The minimum absolute atomic E-state index is 0.0428. The SMILES string of the molecule is CC1(C(=O)N2CC(O)CC2CO)CC1. The quantitative estimate of drug-likeness (QED) is 0.644. The van der Waals surface area contributed by atoms with Gasteiger partial charge >= 0.3 is 0 Å². The van der Waals surface area contributed by atoms with Crippen LogP contribution in [0.1, 0.15) is 26.2 Å². The molecule has 2 rings (SSSR count). The van der Waals surface area contributed by atoms with Gasteiger partial charge in [0.1, 0.15) is 0 Å². The first-order valence-electron chi connectivity index (χ1n) is 5.17. The molecule has 2 atom stereocenters. The summed E-state index contributed by atoms with van der Waals surface area (Å²) in [4.78, 5) is 13.6. The molecular formula is C10H17NO3. The molecule has 4 heteroatoms. The summed E-state index contributed by atoms with van der Waals surface area (Å²) in [6.07, 6.45) is 1.93. The summed E-state index contributed by atoms with van der Waals surface area (Å²) in [5.74, 6) is 0.105. The Bertz CT molecular complexity index is 250. The van der Waals surface area contributed by atoms with Crippen molar-refractivity contribution >= 4 is 5.91 Å². The van der Waals surface area contributed by atoms with Crippen molar-refractivity contribution in [3.63, 3.8) is 0 Å². The van der Waals surface area contributed by atoms with Gasteiger partial charge in [-0.25, -0.2) is 0 Å². The zero-order valence-electron chi connectivity index (χ0n) is 8.44. The number of aliphatic hydroxyl groups is 2. The molecule has 0 spiro atoms. The zero-order chi connectivity index (χ0) is 10.3. The number of hydrogen-bond acceptors (Lipinski definition) is 3. The predicted molar refractivity (Wildman–Crippen MR) is 50.6 cm³/mol. The molecule has 14 heavy (non-hydrogen) atoms. The van der Waals surface area contributed by atoms with Crippen LogP contribution in [-0.4, -0.2) is 46.3 Å². The Morgan fingerprint density at radius 1 is 1.57 bits per heavy atom. The van der Waals surface area contributed by atoms with E-state index in [1.807, 2.05) is 6.92 Å². The molecule has 1 saturated carbocycles. The fourth-order valence-corrected chi connectivity index (χ4v) is 2.06. The summed E-state index contributed by atoms with van der Waals surface area (Å²) in [6, 6.07) is -0.171. The van der Waals surface area contributed by atoms with Crippen LogP contribution in [0.25, 0.3) is 0 Å². The summed E-state index contributed by atoms with van der Waals surface area (Å²) >= 11 is 0. The molecule has 1 amide bonds. The van der Waals surface area contributed by atoms with Gasteiger partial charge in [-0.3, -0.25) is 4.79 Å². The lowest BCUT2D eigenvalue weighted by atomic mass is 10.1. The average Bonchev–Trinajstić information content (AvgIpc) is 2.78. The molecular weight excluding hydrogens is 182 g/mol. The van der Waals surface area contributed by atoms with E-state index in [0.717, 1.165) is 12.8 Å². The van der Waals surface area contributed by atoms with E-state index in [2.05, 4.69) is 0 Å². The third kappa shape index (κ3) is 1.53. The van der Waals surface area contributed by atoms with Gasteiger partial charge in [-0.2, -0.15) is 0 Å². The molecule has 4 nitrogen and oxygen atoms in total. The van der Waals surface area contributed by atoms with Crippen LogP contribution < -0.4 is 0 Å². The molecule has 0 aromatic heterocycles. The summed E-state index contributed by atoms with van der Waals surface area (Å²) in [5.41, 5.74) is -0.197. The summed E-state index contributed by atoms with van der Waals surface area (Å²) < 4.78 is 0. The first-order chi connectivity index (χ1) is 6.57. The van der Waals surface area contributed by atoms with Crippen LogP contribution in [0.2, 0.25) is 0 Å². The number of likely N-dealkylation sites (tertiary alicyclic amines) is 1. The maximum atomic E-state index is 11.9. The van der Waals surface area contributed by atoms with E-state index in [4.69, 9.17) is 5.11 Å². The van der Waals surface area contributed by atoms with Gasteiger partial charge in [-0.05, 0) is 19.3 Å². The Balaban J connectivity index is 2.05. The van der Waals surface area contributed by atoms with Gasteiger partial charge in [0.15, 0.2) is 0 Å². The average molecular weight is 199 g/mol. The van der Waals surface area contributed by atoms with Gasteiger partial charge in [-0.15, -0.1) is 0 Å². The summed E-state index contributed by atoms with van der Waals surface area (Å²) in [5, 5.41) is 18.5. The van der Waals surface area contributed by atoms with Crippen LogP contribution in [0.15, 0.2) is 0 Å². The van der Waals surface area contributed by atoms with Crippen molar-refractivity contribution < 1.29 is 15.0 Å². The van der Waals surface area contributed by atoms with E-state index < -0.39 is 6.10 Å². The largest absolute Gasteiger partial charge is 0.394 e. The predicted octanol–water partition coefficient (Wildman–Crippen LogP) is -0.259. The van der Waals surface area contributed by atoms with Gasteiger partial charge < -0.3 is 15.1 Å². The lowest BCUT2D eigenvalue weighted by Crippen LogP contribution is -2.41. The molecule has 0 radical (unpaired) electrons. The molecule has 2 unspecified atom stereocenters. The number of carbonyl (C=O) groups is 1. The standard InChI is InChI=1S/C10H17NO3/c1-10(2-3-10)9(14)11-5-8(13)4-7(11)6-12/h7-8,12-13H,2-6H2,1H3. The summed E-state index contributed by atoms with van der Waals surface area (Å²) in [7, 11) is 0. The monoisotopic (exact) mass is 199 g/mol. The molecule has 1 heterocycles. The number of amides is 1. The second-order valence-corrected chi connectivity index (χ2v) is 4.74. The molecule has 2 N–H and O–H groups in total. The third-order valence-corrected chi connectivity index (χ3v) is 3.38. The second-order valence-electron chi connectivity index (χ2n) is 4.74. The van der Waals surface area contributed by atoms with E-state index >= 15 is 0 Å². The number of aliphatic hydroxyl groups excluding tert-OH is 2. The minimum atomic E-state index is -0.460. The highest BCUT2D eigenvalue weighted by Crippen LogP contribution is 2.47. The fraction of sp³-hybridized carbons (Fsp3) is 0.900. The van der Waals surface area contributed by atoms with Crippen molar-refractivity contribution in [2.45, 2.75) is 38.3 Å². The highest BCUT2D eigenvalue weighted by molar-refractivity contribution is 5.85. The molecule has 1 aliphatic heterocycles. The van der Waals surface area contributed by atoms with Gasteiger partial charge in [0.25, 0.3) is 0 Å². The van der Waals surface area contributed by atoms with E-state index in [-0.39, 0.29) is 24.0 Å². The number of hydrogen-bond donors (Lipinski definition) is 2.